The predicted molar refractivity (Wildman–Crippen MR) is 120 cm³/mol. The van der Waals surface area contributed by atoms with Crippen LogP contribution in [0.5, 0.6) is 11.5 Å². The van der Waals surface area contributed by atoms with E-state index in [1.54, 1.807) is 27.5 Å². The predicted octanol–water partition coefficient (Wildman–Crippen LogP) is 3.14. The molecule has 0 aliphatic heterocycles. The zero-order valence-corrected chi connectivity index (χ0v) is 18.0. The van der Waals surface area contributed by atoms with Crippen LogP contribution in [0.25, 0.3) is 5.69 Å². The number of methoxy groups -OCH3 is 2. The van der Waals surface area contributed by atoms with E-state index in [0.29, 0.717) is 6.54 Å². The van der Waals surface area contributed by atoms with Crippen molar-refractivity contribution in [3.05, 3.63) is 72.1 Å². The van der Waals surface area contributed by atoms with E-state index in [1.807, 2.05) is 48.3 Å². The summed E-state index contributed by atoms with van der Waals surface area (Å²) in [6.45, 7) is 1.50. The highest BCUT2D eigenvalue weighted by molar-refractivity contribution is 5.79. The molecule has 1 heterocycles. The number of ether oxygens (including phenoxy) is 2. The second kappa shape index (κ2) is 10.3. The van der Waals surface area contributed by atoms with Gasteiger partial charge in [-0.2, -0.15) is 5.10 Å². The molecular formula is C23H29N5O2. The summed E-state index contributed by atoms with van der Waals surface area (Å²) in [5.74, 6) is 2.33. The maximum Gasteiger partial charge on any atom is 0.193 e. The third-order valence-corrected chi connectivity index (χ3v) is 4.89. The zero-order chi connectivity index (χ0) is 21.3. The quantitative estimate of drug-likeness (QED) is 0.459. The van der Waals surface area contributed by atoms with Gasteiger partial charge >= 0.3 is 0 Å². The van der Waals surface area contributed by atoms with Gasteiger partial charge in [0.15, 0.2) is 17.5 Å². The summed E-state index contributed by atoms with van der Waals surface area (Å²) in [5, 5.41) is 7.73. The fourth-order valence-electron chi connectivity index (χ4n) is 3.24. The van der Waals surface area contributed by atoms with E-state index in [4.69, 9.17) is 9.47 Å². The van der Waals surface area contributed by atoms with Crippen molar-refractivity contribution < 1.29 is 9.47 Å². The van der Waals surface area contributed by atoms with E-state index in [0.717, 1.165) is 41.7 Å². The van der Waals surface area contributed by atoms with Crippen molar-refractivity contribution >= 4 is 5.96 Å². The van der Waals surface area contributed by atoms with Crippen molar-refractivity contribution in [2.45, 2.75) is 13.0 Å². The lowest BCUT2D eigenvalue weighted by atomic mass is 10.1. The number of nitrogens with zero attached hydrogens (tertiary/aromatic N) is 4. The van der Waals surface area contributed by atoms with Crippen LogP contribution in [0.1, 0.15) is 11.1 Å². The number of aromatic nitrogens is 2. The third kappa shape index (κ3) is 5.31. The number of nitrogens with one attached hydrogen (secondary N) is 1. The molecule has 1 aromatic heterocycles. The number of hydrogen-bond donors (Lipinski definition) is 1. The summed E-state index contributed by atoms with van der Waals surface area (Å²) in [7, 11) is 7.14. The lowest BCUT2D eigenvalue weighted by Crippen LogP contribution is -2.39. The molecule has 0 unspecified atom stereocenters. The Morgan fingerprint density at radius 1 is 1.07 bits per heavy atom. The number of hydrogen-bond acceptors (Lipinski definition) is 4. The van der Waals surface area contributed by atoms with Crippen molar-refractivity contribution in [3.8, 4) is 17.2 Å². The van der Waals surface area contributed by atoms with Crippen LogP contribution in [-0.2, 0) is 13.0 Å². The van der Waals surface area contributed by atoms with Gasteiger partial charge < -0.3 is 19.7 Å². The Labute approximate surface area is 178 Å². The van der Waals surface area contributed by atoms with Crippen molar-refractivity contribution in [2.24, 2.45) is 4.99 Å². The number of likely N-dealkylation sites (N-methyl/N-ethyl adjacent to an activating group) is 1. The molecule has 0 fully saturated rings. The Balaban J connectivity index is 1.57. The van der Waals surface area contributed by atoms with E-state index in [2.05, 4.69) is 38.5 Å². The first kappa shape index (κ1) is 21.2. The molecule has 30 heavy (non-hydrogen) atoms. The van der Waals surface area contributed by atoms with Gasteiger partial charge in [-0.25, -0.2) is 4.68 Å². The molecule has 0 amide bonds. The second-order valence-corrected chi connectivity index (χ2v) is 6.88. The van der Waals surface area contributed by atoms with Crippen LogP contribution in [0, 0.1) is 0 Å². The maximum atomic E-state index is 5.40. The molecule has 2 aromatic carbocycles. The molecule has 1 N–H and O–H groups in total. The van der Waals surface area contributed by atoms with E-state index in [-0.39, 0.29) is 0 Å². The molecule has 0 aliphatic carbocycles. The maximum absolute atomic E-state index is 5.40. The van der Waals surface area contributed by atoms with E-state index >= 15 is 0 Å². The first-order chi connectivity index (χ1) is 14.6. The Hall–Kier alpha value is -3.48. The fraction of sp³-hybridized carbons (Fsp3) is 0.304. The molecule has 158 valence electrons. The molecule has 3 rings (SSSR count). The minimum Gasteiger partial charge on any atom is -0.493 e. The van der Waals surface area contributed by atoms with Gasteiger partial charge in [-0.1, -0.05) is 18.2 Å². The van der Waals surface area contributed by atoms with Crippen LogP contribution in [0.3, 0.4) is 0 Å². The number of aliphatic imine (C=N–C) groups is 1. The molecule has 0 atom stereocenters. The van der Waals surface area contributed by atoms with Crippen LogP contribution >= 0.6 is 0 Å². The van der Waals surface area contributed by atoms with Crippen molar-refractivity contribution in [1.29, 1.82) is 0 Å². The number of rotatable bonds is 8. The normalized spacial score (nSPS) is 11.3. The van der Waals surface area contributed by atoms with E-state index in [1.165, 1.54) is 5.56 Å². The van der Waals surface area contributed by atoms with Crippen LogP contribution in [0.15, 0.2) is 65.9 Å². The molecule has 7 nitrogen and oxygen atoms in total. The highest BCUT2D eigenvalue weighted by Gasteiger charge is 2.09. The van der Waals surface area contributed by atoms with E-state index < -0.39 is 0 Å². The number of benzene rings is 2. The summed E-state index contributed by atoms with van der Waals surface area (Å²) in [5.41, 5.74) is 3.38. The number of guanidine groups is 1. The standard InChI is InChI=1S/C23H29N5O2/c1-24-23(25-17-19-7-5-8-20(15-19)28-13-6-12-26-28)27(2)14-11-18-9-10-21(29-3)22(16-18)30-4/h5-10,12-13,15-16H,11,14,17H2,1-4H3,(H,24,25). The molecular weight excluding hydrogens is 378 g/mol. The lowest BCUT2D eigenvalue weighted by molar-refractivity contribution is 0.354. The van der Waals surface area contributed by atoms with Gasteiger partial charge in [-0.15, -0.1) is 0 Å². The molecule has 0 radical (unpaired) electrons. The molecule has 3 aromatic rings. The van der Waals surface area contributed by atoms with Crippen LogP contribution in [0.2, 0.25) is 0 Å². The summed E-state index contributed by atoms with van der Waals surface area (Å²) in [4.78, 5) is 6.54. The van der Waals surface area contributed by atoms with Gasteiger partial charge in [0.2, 0.25) is 0 Å². The van der Waals surface area contributed by atoms with Gasteiger partial charge in [-0.05, 0) is 47.9 Å². The summed E-state index contributed by atoms with van der Waals surface area (Å²) in [6, 6.07) is 16.2. The average Bonchev–Trinajstić information content (AvgIpc) is 3.33. The smallest absolute Gasteiger partial charge is 0.193 e. The van der Waals surface area contributed by atoms with Gasteiger partial charge in [0.25, 0.3) is 0 Å². The Morgan fingerprint density at radius 3 is 2.60 bits per heavy atom. The van der Waals surface area contributed by atoms with Gasteiger partial charge in [-0.3, -0.25) is 4.99 Å². The Kier molecular flexibility index (Phi) is 7.32. The average molecular weight is 408 g/mol. The van der Waals surface area contributed by atoms with Crippen LogP contribution < -0.4 is 14.8 Å². The Bertz CT molecular complexity index is 969. The second-order valence-electron chi connectivity index (χ2n) is 6.88. The third-order valence-electron chi connectivity index (χ3n) is 4.89. The SMILES string of the molecule is CN=C(NCc1cccc(-n2cccn2)c1)N(C)CCc1ccc(OC)c(OC)c1. The molecule has 0 saturated heterocycles. The first-order valence-corrected chi connectivity index (χ1v) is 9.86. The van der Waals surface area contributed by atoms with Gasteiger partial charge in [0.1, 0.15) is 0 Å². The molecule has 0 spiro atoms. The van der Waals surface area contributed by atoms with Crippen molar-refractivity contribution in [2.75, 3.05) is 34.9 Å². The summed E-state index contributed by atoms with van der Waals surface area (Å²) < 4.78 is 12.6. The summed E-state index contributed by atoms with van der Waals surface area (Å²) >= 11 is 0. The lowest BCUT2D eigenvalue weighted by Gasteiger charge is -2.22. The summed E-state index contributed by atoms with van der Waals surface area (Å²) in [6.07, 6.45) is 4.58. The van der Waals surface area contributed by atoms with Crippen molar-refractivity contribution in [3.63, 3.8) is 0 Å². The van der Waals surface area contributed by atoms with Gasteiger partial charge in [0.05, 0.1) is 19.9 Å². The van der Waals surface area contributed by atoms with Gasteiger partial charge in [0, 0.05) is 39.6 Å². The molecule has 0 bridgehead atoms. The highest BCUT2D eigenvalue weighted by atomic mass is 16.5. The Morgan fingerprint density at radius 2 is 1.90 bits per heavy atom. The minimum atomic E-state index is 0.683. The van der Waals surface area contributed by atoms with E-state index in [9.17, 15) is 0 Å². The fourth-order valence-corrected chi connectivity index (χ4v) is 3.24. The molecule has 0 aliphatic rings. The van der Waals surface area contributed by atoms with Crippen LogP contribution in [-0.4, -0.2) is 55.5 Å². The molecule has 7 heteroatoms. The van der Waals surface area contributed by atoms with Crippen LogP contribution in [0.4, 0.5) is 0 Å². The first-order valence-electron chi connectivity index (χ1n) is 9.86. The zero-order valence-electron chi connectivity index (χ0n) is 18.0. The topological polar surface area (TPSA) is 63.9 Å². The molecule has 0 saturated carbocycles. The van der Waals surface area contributed by atoms with Crippen molar-refractivity contribution in [1.82, 2.24) is 20.0 Å². The minimum absolute atomic E-state index is 0.683. The highest BCUT2D eigenvalue weighted by Crippen LogP contribution is 2.27. The largest absolute Gasteiger partial charge is 0.493 e. The monoisotopic (exact) mass is 407 g/mol.